The van der Waals surface area contributed by atoms with Crippen molar-refractivity contribution in [3.8, 4) is 0 Å². The van der Waals surface area contributed by atoms with Gasteiger partial charge in [0.15, 0.2) is 0 Å². The van der Waals surface area contributed by atoms with Crippen LogP contribution in [0.3, 0.4) is 0 Å². The summed E-state index contributed by atoms with van der Waals surface area (Å²) in [6, 6.07) is 0.174. The van der Waals surface area contributed by atoms with Crippen LogP contribution in [0.2, 0.25) is 0 Å². The first kappa shape index (κ1) is 15.0. The van der Waals surface area contributed by atoms with Crippen LogP contribution in [-0.2, 0) is 0 Å². The van der Waals surface area contributed by atoms with Gasteiger partial charge in [-0.25, -0.2) is 9.97 Å². The van der Waals surface area contributed by atoms with Crippen LogP contribution in [0.25, 0.3) is 20.4 Å². The van der Waals surface area contributed by atoms with E-state index in [2.05, 4.69) is 9.97 Å². The van der Waals surface area contributed by atoms with Gasteiger partial charge >= 0.3 is 5.69 Å². The molecule has 0 bridgehead atoms. The third-order valence-corrected chi connectivity index (χ3v) is 5.69. The maximum atomic E-state index is 12.9. The first-order chi connectivity index (χ1) is 11.6. The van der Waals surface area contributed by atoms with Gasteiger partial charge in [0.2, 0.25) is 0 Å². The highest BCUT2D eigenvalue weighted by molar-refractivity contribution is 7.25. The molecule has 0 unspecified atom stereocenters. The molecule has 9 heteroatoms. The minimum atomic E-state index is -0.575. The summed E-state index contributed by atoms with van der Waals surface area (Å²) in [7, 11) is 0. The summed E-state index contributed by atoms with van der Waals surface area (Å²) in [6.45, 7) is 0. The minimum absolute atomic E-state index is 0.0126. The maximum absolute atomic E-state index is 12.9. The summed E-state index contributed by atoms with van der Waals surface area (Å²) >= 11 is 1.19. The number of hydrogen-bond donors (Lipinski definition) is 1. The van der Waals surface area contributed by atoms with Gasteiger partial charge in [0.05, 0.1) is 16.6 Å². The Morgan fingerprint density at radius 3 is 2.75 bits per heavy atom. The SMILES string of the molecule is Nc1c([N+](=O)[O-])cnc2sc3c(=O)n(C4CCCCC4)cnc3c12. The highest BCUT2D eigenvalue weighted by atomic mass is 32.1. The Kier molecular flexibility index (Phi) is 3.45. The molecular formula is C15H15N5O3S. The normalized spacial score (nSPS) is 16.0. The number of pyridine rings is 1. The number of fused-ring (bicyclic) bond motifs is 3. The smallest absolute Gasteiger partial charge is 0.311 e. The minimum Gasteiger partial charge on any atom is -0.392 e. The van der Waals surface area contributed by atoms with Gasteiger partial charge in [-0.3, -0.25) is 19.5 Å². The van der Waals surface area contributed by atoms with Crippen molar-refractivity contribution < 1.29 is 4.92 Å². The molecule has 3 aromatic heterocycles. The van der Waals surface area contributed by atoms with Crippen molar-refractivity contribution >= 4 is 43.1 Å². The molecule has 3 aromatic rings. The van der Waals surface area contributed by atoms with Gasteiger partial charge in [0, 0.05) is 6.04 Å². The van der Waals surface area contributed by atoms with Gasteiger partial charge in [0.1, 0.15) is 26.9 Å². The second-order valence-electron chi connectivity index (χ2n) is 6.02. The highest BCUT2D eigenvalue weighted by Crippen LogP contribution is 2.37. The summed E-state index contributed by atoms with van der Waals surface area (Å²) in [5.74, 6) is 0. The molecule has 2 N–H and O–H groups in total. The lowest BCUT2D eigenvalue weighted by atomic mass is 9.95. The third kappa shape index (κ3) is 2.15. The molecule has 1 fully saturated rings. The summed E-state index contributed by atoms with van der Waals surface area (Å²) < 4.78 is 2.15. The molecule has 1 aliphatic rings. The molecule has 1 saturated carbocycles. The van der Waals surface area contributed by atoms with Crippen LogP contribution in [0.5, 0.6) is 0 Å². The van der Waals surface area contributed by atoms with E-state index in [1.807, 2.05) is 0 Å². The fourth-order valence-electron chi connectivity index (χ4n) is 3.38. The van der Waals surface area contributed by atoms with Crippen molar-refractivity contribution in [2.45, 2.75) is 38.1 Å². The summed E-state index contributed by atoms with van der Waals surface area (Å²) in [5.41, 5.74) is 5.98. The molecule has 0 spiro atoms. The van der Waals surface area contributed by atoms with E-state index in [-0.39, 0.29) is 23.0 Å². The zero-order valence-corrected chi connectivity index (χ0v) is 13.6. The highest BCUT2D eigenvalue weighted by Gasteiger charge is 2.23. The van der Waals surface area contributed by atoms with Gasteiger partial charge < -0.3 is 5.73 Å². The standard InChI is InChI=1S/C15H15N5O3S/c16-11-9(20(22)23)6-17-14-10(11)12-13(24-14)15(21)19(7-18-12)8-4-2-1-3-5-8/h6-8H,1-5H2,(H2,16,17). The Hall–Kier alpha value is -2.55. The molecule has 0 aromatic carbocycles. The van der Waals surface area contributed by atoms with Gasteiger partial charge in [-0.15, -0.1) is 11.3 Å². The van der Waals surface area contributed by atoms with Crippen molar-refractivity contribution in [2.24, 2.45) is 0 Å². The first-order valence-corrected chi connectivity index (χ1v) is 8.62. The number of hydrogen-bond acceptors (Lipinski definition) is 7. The van der Waals surface area contributed by atoms with Crippen molar-refractivity contribution in [1.29, 1.82) is 0 Å². The number of nitrogens with zero attached hydrogens (tertiary/aromatic N) is 4. The molecule has 0 radical (unpaired) electrons. The van der Waals surface area contributed by atoms with E-state index in [1.165, 1.54) is 17.8 Å². The van der Waals surface area contributed by atoms with Crippen molar-refractivity contribution in [2.75, 3.05) is 5.73 Å². The van der Waals surface area contributed by atoms with Crippen molar-refractivity contribution in [3.05, 3.63) is 33.0 Å². The van der Waals surface area contributed by atoms with E-state index >= 15 is 0 Å². The van der Waals surface area contributed by atoms with E-state index < -0.39 is 4.92 Å². The molecule has 1 aliphatic carbocycles. The molecule has 24 heavy (non-hydrogen) atoms. The molecule has 124 valence electrons. The van der Waals surface area contributed by atoms with Crippen molar-refractivity contribution in [3.63, 3.8) is 0 Å². The van der Waals surface area contributed by atoms with Crippen LogP contribution in [0.4, 0.5) is 11.4 Å². The summed E-state index contributed by atoms with van der Waals surface area (Å²) in [5, 5.41) is 11.5. The largest absolute Gasteiger partial charge is 0.392 e. The molecule has 0 amide bonds. The van der Waals surface area contributed by atoms with Crippen LogP contribution >= 0.6 is 11.3 Å². The Balaban J connectivity index is 1.97. The maximum Gasteiger partial charge on any atom is 0.311 e. The zero-order valence-electron chi connectivity index (χ0n) is 12.8. The summed E-state index contributed by atoms with van der Waals surface area (Å²) in [4.78, 5) is 32.3. The molecular weight excluding hydrogens is 330 g/mol. The van der Waals surface area contributed by atoms with Crippen molar-refractivity contribution in [1.82, 2.24) is 14.5 Å². The van der Waals surface area contributed by atoms with Crippen LogP contribution in [0.15, 0.2) is 17.3 Å². The zero-order chi connectivity index (χ0) is 16.8. The molecule has 0 aliphatic heterocycles. The lowest BCUT2D eigenvalue weighted by Gasteiger charge is -2.23. The molecule has 4 rings (SSSR count). The molecule has 3 heterocycles. The Morgan fingerprint density at radius 2 is 2.04 bits per heavy atom. The average Bonchev–Trinajstić information content (AvgIpc) is 2.96. The lowest BCUT2D eigenvalue weighted by Crippen LogP contribution is -2.26. The number of nitro groups is 1. The first-order valence-electron chi connectivity index (χ1n) is 7.80. The number of nitrogen functional groups attached to an aromatic ring is 1. The number of anilines is 1. The lowest BCUT2D eigenvalue weighted by molar-refractivity contribution is -0.384. The van der Waals surface area contributed by atoms with Gasteiger partial charge in [-0.2, -0.15) is 0 Å². The predicted octanol–water partition coefficient (Wildman–Crippen LogP) is 3.00. The average molecular weight is 345 g/mol. The van der Waals surface area contributed by atoms with Gasteiger partial charge in [-0.05, 0) is 12.8 Å². The number of thiophene rings is 1. The quantitative estimate of drug-likeness (QED) is 0.563. The van der Waals surface area contributed by atoms with Crippen LogP contribution in [-0.4, -0.2) is 19.5 Å². The number of aromatic nitrogens is 3. The van der Waals surface area contributed by atoms with E-state index in [1.54, 1.807) is 10.9 Å². The van der Waals surface area contributed by atoms with Crippen LogP contribution in [0.1, 0.15) is 38.1 Å². The van der Waals surface area contributed by atoms with Gasteiger partial charge in [0.25, 0.3) is 5.56 Å². The van der Waals surface area contributed by atoms with Gasteiger partial charge in [-0.1, -0.05) is 19.3 Å². The Bertz CT molecular complexity index is 1020. The third-order valence-electron chi connectivity index (χ3n) is 4.62. The number of nitrogens with two attached hydrogens (primary N) is 1. The second-order valence-corrected chi connectivity index (χ2v) is 7.02. The molecule has 0 atom stereocenters. The second kappa shape index (κ2) is 5.52. The molecule has 0 saturated heterocycles. The van der Waals surface area contributed by atoms with E-state index in [0.29, 0.717) is 20.4 Å². The fraction of sp³-hybridized carbons (Fsp3) is 0.400. The van der Waals surface area contributed by atoms with E-state index in [4.69, 9.17) is 5.73 Å². The van der Waals surface area contributed by atoms with Crippen LogP contribution in [0, 0.1) is 10.1 Å². The van der Waals surface area contributed by atoms with E-state index in [0.717, 1.165) is 31.9 Å². The number of rotatable bonds is 2. The summed E-state index contributed by atoms with van der Waals surface area (Å²) in [6.07, 6.45) is 8.06. The fourth-order valence-corrected chi connectivity index (χ4v) is 4.44. The monoisotopic (exact) mass is 345 g/mol. The Labute approximate surface area is 140 Å². The van der Waals surface area contributed by atoms with Crippen LogP contribution < -0.4 is 11.3 Å². The Morgan fingerprint density at radius 1 is 1.29 bits per heavy atom. The molecule has 8 nitrogen and oxygen atoms in total. The predicted molar refractivity (Wildman–Crippen MR) is 92.4 cm³/mol. The van der Waals surface area contributed by atoms with E-state index in [9.17, 15) is 14.9 Å². The topological polar surface area (TPSA) is 117 Å².